The van der Waals surface area contributed by atoms with Crippen molar-refractivity contribution in [2.45, 2.75) is 44.6 Å². The largest absolute Gasteiger partial charge is 0.396 e. The summed E-state index contributed by atoms with van der Waals surface area (Å²) in [6, 6.07) is 10.5. The Morgan fingerprint density at radius 3 is 2.78 bits per heavy atom. The molecule has 3 rings (SSSR count). The molecule has 1 amide bonds. The van der Waals surface area contributed by atoms with Crippen molar-refractivity contribution in [2.75, 3.05) is 26.3 Å². The molecular formula is C19H27NO3. The molecule has 1 aromatic carbocycles. The number of aliphatic hydroxyl groups excluding tert-OH is 1. The molecule has 1 saturated heterocycles. The van der Waals surface area contributed by atoms with Gasteiger partial charge in [0.05, 0.1) is 6.10 Å². The summed E-state index contributed by atoms with van der Waals surface area (Å²) >= 11 is 0. The molecule has 1 unspecified atom stereocenters. The summed E-state index contributed by atoms with van der Waals surface area (Å²) in [4.78, 5) is 14.2. The zero-order chi connectivity index (χ0) is 16.1. The van der Waals surface area contributed by atoms with Crippen LogP contribution in [0.2, 0.25) is 0 Å². The summed E-state index contributed by atoms with van der Waals surface area (Å²) in [5.74, 6) is 0.187. The van der Waals surface area contributed by atoms with Crippen molar-refractivity contribution in [2.24, 2.45) is 5.41 Å². The fourth-order valence-corrected chi connectivity index (χ4v) is 3.26. The van der Waals surface area contributed by atoms with Gasteiger partial charge in [-0.15, -0.1) is 0 Å². The number of nitrogens with zero attached hydrogens (tertiary/aromatic N) is 1. The number of aliphatic hydroxyl groups is 1. The molecule has 0 aromatic heterocycles. The molecule has 0 spiro atoms. The monoisotopic (exact) mass is 317 g/mol. The maximum Gasteiger partial charge on any atom is 0.223 e. The molecule has 1 N–H and O–H groups in total. The first-order valence-corrected chi connectivity index (χ1v) is 8.75. The Balaban J connectivity index is 1.33. The highest BCUT2D eigenvalue weighted by molar-refractivity contribution is 5.77. The Bertz CT molecular complexity index is 513. The number of carbonyl (C=O) groups excluding carboxylic acids is 1. The molecule has 4 nitrogen and oxygen atoms in total. The third kappa shape index (κ3) is 4.55. The molecule has 126 valence electrons. The van der Waals surface area contributed by atoms with Crippen LogP contribution in [0, 0.1) is 5.41 Å². The SMILES string of the molecule is O=C(CC1(CO)CC1)N1CCC(OCCCc2ccccc2)C1. The number of hydrogen-bond donors (Lipinski definition) is 1. The molecule has 2 aliphatic rings. The van der Waals surface area contributed by atoms with Crippen molar-refractivity contribution in [3.63, 3.8) is 0 Å². The van der Waals surface area contributed by atoms with E-state index in [1.807, 2.05) is 11.0 Å². The van der Waals surface area contributed by atoms with Crippen molar-refractivity contribution in [1.82, 2.24) is 4.90 Å². The number of hydrogen-bond acceptors (Lipinski definition) is 3. The van der Waals surface area contributed by atoms with Crippen molar-refractivity contribution < 1.29 is 14.6 Å². The minimum absolute atomic E-state index is 0.0916. The van der Waals surface area contributed by atoms with Crippen molar-refractivity contribution in [1.29, 1.82) is 0 Å². The molecule has 0 bridgehead atoms. The first-order valence-electron chi connectivity index (χ1n) is 8.75. The van der Waals surface area contributed by atoms with Gasteiger partial charge >= 0.3 is 0 Å². The second-order valence-corrected chi connectivity index (χ2v) is 7.05. The van der Waals surface area contributed by atoms with Crippen LogP contribution in [-0.4, -0.2) is 48.3 Å². The van der Waals surface area contributed by atoms with Gasteiger partial charge in [-0.05, 0) is 37.7 Å². The van der Waals surface area contributed by atoms with E-state index in [9.17, 15) is 9.90 Å². The fraction of sp³-hybridized carbons (Fsp3) is 0.632. The fourth-order valence-electron chi connectivity index (χ4n) is 3.26. The molecule has 1 atom stereocenters. The minimum Gasteiger partial charge on any atom is -0.396 e. The van der Waals surface area contributed by atoms with Gasteiger partial charge in [-0.3, -0.25) is 4.79 Å². The zero-order valence-electron chi connectivity index (χ0n) is 13.7. The Kier molecular flexibility index (Phi) is 5.34. The lowest BCUT2D eigenvalue weighted by Gasteiger charge is -2.19. The number of ether oxygens (including phenoxy) is 1. The van der Waals surface area contributed by atoms with Crippen molar-refractivity contribution in [3.8, 4) is 0 Å². The van der Waals surface area contributed by atoms with E-state index in [2.05, 4.69) is 24.3 Å². The van der Waals surface area contributed by atoms with E-state index < -0.39 is 0 Å². The highest BCUT2D eigenvalue weighted by Gasteiger charge is 2.45. The topological polar surface area (TPSA) is 49.8 Å². The van der Waals surface area contributed by atoms with Crippen LogP contribution in [0.5, 0.6) is 0 Å². The van der Waals surface area contributed by atoms with Crippen LogP contribution in [0.3, 0.4) is 0 Å². The van der Waals surface area contributed by atoms with Gasteiger partial charge in [0.1, 0.15) is 0 Å². The Morgan fingerprint density at radius 1 is 1.30 bits per heavy atom. The molecule has 2 fully saturated rings. The van der Waals surface area contributed by atoms with E-state index in [0.717, 1.165) is 45.3 Å². The lowest BCUT2D eigenvalue weighted by molar-refractivity contribution is -0.132. The van der Waals surface area contributed by atoms with E-state index in [1.54, 1.807) is 0 Å². The first-order chi connectivity index (χ1) is 11.2. The highest BCUT2D eigenvalue weighted by atomic mass is 16.5. The van der Waals surface area contributed by atoms with Crippen LogP contribution in [0.25, 0.3) is 0 Å². The summed E-state index contributed by atoms with van der Waals surface area (Å²) in [6.45, 7) is 2.41. The maximum absolute atomic E-state index is 12.3. The molecule has 1 heterocycles. The summed E-state index contributed by atoms with van der Waals surface area (Å²) < 4.78 is 5.93. The third-order valence-corrected chi connectivity index (χ3v) is 5.12. The van der Waals surface area contributed by atoms with Crippen LogP contribution in [-0.2, 0) is 16.0 Å². The second-order valence-electron chi connectivity index (χ2n) is 7.05. The lowest BCUT2D eigenvalue weighted by Crippen LogP contribution is -2.32. The molecule has 0 radical (unpaired) electrons. The normalized spacial score (nSPS) is 22.3. The van der Waals surface area contributed by atoms with E-state index in [1.165, 1.54) is 5.56 Å². The van der Waals surface area contributed by atoms with Crippen LogP contribution in [0.1, 0.15) is 37.7 Å². The molecular weight excluding hydrogens is 290 g/mol. The van der Waals surface area contributed by atoms with Gasteiger partial charge in [-0.2, -0.15) is 0 Å². The molecule has 1 aliphatic heterocycles. The second kappa shape index (κ2) is 7.45. The summed E-state index contributed by atoms with van der Waals surface area (Å²) in [5, 5.41) is 9.34. The van der Waals surface area contributed by atoms with Crippen LogP contribution < -0.4 is 0 Å². The zero-order valence-corrected chi connectivity index (χ0v) is 13.7. The number of benzene rings is 1. The van der Waals surface area contributed by atoms with Crippen molar-refractivity contribution in [3.05, 3.63) is 35.9 Å². The molecule has 23 heavy (non-hydrogen) atoms. The smallest absolute Gasteiger partial charge is 0.223 e. The Morgan fingerprint density at radius 2 is 2.09 bits per heavy atom. The predicted molar refractivity (Wildman–Crippen MR) is 89.1 cm³/mol. The molecule has 1 saturated carbocycles. The van der Waals surface area contributed by atoms with Gasteiger partial charge in [0, 0.05) is 38.1 Å². The number of rotatable bonds is 8. The van der Waals surface area contributed by atoms with Gasteiger partial charge in [0.25, 0.3) is 0 Å². The summed E-state index contributed by atoms with van der Waals surface area (Å²) in [6.07, 6.45) is 5.65. The van der Waals surface area contributed by atoms with Gasteiger partial charge in [-0.25, -0.2) is 0 Å². The quantitative estimate of drug-likeness (QED) is 0.749. The van der Waals surface area contributed by atoms with E-state index in [-0.39, 0.29) is 24.0 Å². The van der Waals surface area contributed by atoms with Crippen LogP contribution in [0.15, 0.2) is 30.3 Å². The van der Waals surface area contributed by atoms with Gasteiger partial charge in [0.15, 0.2) is 0 Å². The van der Waals surface area contributed by atoms with Gasteiger partial charge in [-0.1, -0.05) is 30.3 Å². The first kappa shape index (κ1) is 16.5. The van der Waals surface area contributed by atoms with Crippen molar-refractivity contribution >= 4 is 5.91 Å². The lowest BCUT2D eigenvalue weighted by atomic mass is 10.0. The molecule has 4 heteroatoms. The number of amides is 1. The molecule has 1 aliphatic carbocycles. The Hall–Kier alpha value is -1.39. The van der Waals surface area contributed by atoms with Crippen LogP contribution >= 0.6 is 0 Å². The average Bonchev–Trinajstić information content (AvgIpc) is 3.19. The highest BCUT2D eigenvalue weighted by Crippen LogP contribution is 2.48. The number of aryl methyl sites for hydroxylation is 1. The molecule has 1 aromatic rings. The van der Waals surface area contributed by atoms with E-state index in [0.29, 0.717) is 13.0 Å². The minimum atomic E-state index is -0.0916. The Labute approximate surface area is 138 Å². The average molecular weight is 317 g/mol. The van der Waals surface area contributed by atoms with Gasteiger partial charge in [0.2, 0.25) is 5.91 Å². The van der Waals surface area contributed by atoms with Gasteiger partial charge < -0.3 is 14.7 Å². The standard InChI is InChI=1S/C19H27NO3/c21-15-19(9-10-19)13-18(22)20-11-8-17(14-20)23-12-4-7-16-5-2-1-3-6-16/h1-3,5-6,17,21H,4,7-15H2. The van der Waals surface area contributed by atoms with Crippen LogP contribution in [0.4, 0.5) is 0 Å². The number of carbonyl (C=O) groups is 1. The maximum atomic E-state index is 12.3. The summed E-state index contributed by atoms with van der Waals surface area (Å²) in [5.41, 5.74) is 1.25. The summed E-state index contributed by atoms with van der Waals surface area (Å²) in [7, 11) is 0. The predicted octanol–water partition coefficient (Wildman–Crippen LogP) is 2.40. The number of likely N-dealkylation sites (tertiary alicyclic amines) is 1. The van der Waals surface area contributed by atoms with E-state index in [4.69, 9.17) is 4.74 Å². The van der Waals surface area contributed by atoms with E-state index >= 15 is 0 Å². The third-order valence-electron chi connectivity index (χ3n) is 5.12.